The van der Waals surface area contributed by atoms with Crippen LogP contribution in [0, 0.1) is 5.92 Å². The lowest BCUT2D eigenvalue weighted by Gasteiger charge is -2.38. The molecule has 13 nitrogen and oxygen atoms in total. The van der Waals surface area contributed by atoms with E-state index < -0.39 is 42.6 Å². The Bertz CT molecular complexity index is 1030. The highest BCUT2D eigenvalue weighted by molar-refractivity contribution is 5.79. The molecule has 43 heavy (non-hydrogen) atoms. The number of carbonyl (C=O) groups excluding carboxylic acids is 3. The van der Waals surface area contributed by atoms with Crippen molar-refractivity contribution in [3.8, 4) is 5.75 Å². The zero-order valence-electron chi connectivity index (χ0n) is 25.7. The summed E-state index contributed by atoms with van der Waals surface area (Å²) < 4.78 is 16.2. The highest BCUT2D eigenvalue weighted by Crippen LogP contribution is 2.28. The van der Waals surface area contributed by atoms with Crippen LogP contribution in [0.3, 0.4) is 0 Å². The van der Waals surface area contributed by atoms with Gasteiger partial charge in [0.25, 0.3) is 0 Å². The third kappa shape index (κ3) is 12.9. The van der Waals surface area contributed by atoms with Crippen LogP contribution in [-0.4, -0.2) is 81.4 Å². The number of carboxylic acid groups (broad SMARTS) is 1. The minimum atomic E-state index is -1.88. The largest absolute Gasteiger partial charge is 0.479 e. The van der Waals surface area contributed by atoms with E-state index in [9.17, 15) is 39.6 Å². The van der Waals surface area contributed by atoms with Gasteiger partial charge in [-0.15, -0.1) is 0 Å². The topological polar surface area (TPSA) is 201 Å². The number of unbranched alkanes of at least 4 members (excludes halogenated alkanes) is 3. The van der Waals surface area contributed by atoms with Crippen molar-refractivity contribution in [3.63, 3.8) is 0 Å². The zero-order valence-corrected chi connectivity index (χ0v) is 25.7. The Morgan fingerprint density at radius 2 is 1.60 bits per heavy atom. The monoisotopic (exact) mass is 612 g/mol. The molecule has 1 aromatic carbocycles. The summed E-state index contributed by atoms with van der Waals surface area (Å²) in [6, 6.07) is 4.62. The van der Waals surface area contributed by atoms with Crippen molar-refractivity contribution in [2.75, 3.05) is 6.54 Å². The Morgan fingerprint density at radius 1 is 0.930 bits per heavy atom. The summed E-state index contributed by atoms with van der Waals surface area (Å²) in [4.78, 5) is 47.7. The number of benzene rings is 1. The Balaban J connectivity index is 0.00000452. The van der Waals surface area contributed by atoms with Gasteiger partial charge in [-0.25, -0.2) is 4.79 Å². The number of rotatable bonds is 16. The molecule has 1 fully saturated rings. The Kier molecular flexibility index (Phi) is 17.4. The number of hydrogen-bond acceptors (Lipinski definition) is 10. The summed E-state index contributed by atoms with van der Waals surface area (Å²) in [5.74, 6) is -2.69. The van der Waals surface area contributed by atoms with E-state index in [-0.39, 0.29) is 49.6 Å². The average Bonchev–Trinajstić information content (AvgIpc) is 2.98. The van der Waals surface area contributed by atoms with Crippen LogP contribution < -0.4 is 15.4 Å². The summed E-state index contributed by atoms with van der Waals surface area (Å²) in [6.45, 7) is 9.51. The number of nitrogens with one attached hydrogen (secondary N) is 2. The number of esters is 1. The first-order chi connectivity index (χ1) is 20.4. The number of ether oxygens (including phenoxy) is 3. The Hall–Kier alpha value is -3.26. The lowest BCUT2D eigenvalue weighted by atomic mass is 9.99. The van der Waals surface area contributed by atoms with Crippen molar-refractivity contribution in [2.24, 2.45) is 5.92 Å². The van der Waals surface area contributed by atoms with E-state index in [1.54, 1.807) is 26.0 Å². The average molecular weight is 613 g/mol. The van der Waals surface area contributed by atoms with E-state index in [0.717, 1.165) is 25.7 Å². The van der Waals surface area contributed by atoms with E-state index >= 15 is 0 Å². The zero-order chi connectivity index (χ0) is 32.5. The smallest absolute Gasteiger partial charge is 0.335 e. The molecule has 0 aliphatic carbocycles. The van der Waals surface area contributed by atoms with Crippen LogP contribution in [0.5, 0.6) is 5.75 Å². The molecule has 0 saturated carbocycles. The maximum absolute atomic E-state index is 12.5. The summed E-state index contributed by atoms with van der Waals surface area (Å²) >= 11 is 0. The fraction of sp³-hybridized carbons (Fsp3) is 0.667. The molecule has 2 amide bonds. The van der Waals surface area contributed by atoms with Gasteiger partial charge in [0.05, 0.1) is 5.92 Å². The van der Waals surface area contributed by atoms with Crippen LogP contribution in [0.4, 0.5) is 0 Å². The van der Waals surface area contributed by atoms with Crippen molar-refractivity contribution >= 4 is 23.8 Å². The molecule has 1 heterocycles. The summed E-state index contributed by atoms with van der Waals surface area (Å²) in [5.41, 5.74) is 0.939. The van der Waals surface area contributed by atoms with Gasteiger partial charge in [0.2, 0.25) is 18.1 Å². The van der Waals surface area contributed by atoms with Gasteiger partial charge in [-0.05, 0) is 24.1 Å². The predicted octanol–water partition coefficient (Wildman–Crippen LogP) is 1.78. The van der Waals surface area contributed by atoms with Crippen LogP contribution in [0.2, 0.25) is 0 Å². The fourth-order valence-corrected chi connectivity index (χ4v) is 3.97. The maximum atomic E-state index is 12.5. The molecule has 13 heteroatoms. The molecule has 6 N–H and O–H groups in total. The third-order valence-electron chi connectivity index (χ3n) is 6.44. The number of carbonyl (C=O) groups is 4. The second kappa shape index (κ2) is 19.8. The standard InChI is InChI=1S/C28H42N2O11.C2H6/c1-4-5-6-7-8-20(31)29-12-11-21(32)30-14-18-13-17(15-39-27(38)16(2)3)9-10-19(18)40-28-24(35)22(33)23(34)25(41-28)26(36)37;1-2/h9-10,13,16,22-25,28,33-35H,4-8,11-12,14-15H2,1-3H3,(H,29,31)(H,30,32)(H,36,37);1-2H3. The first kappa shape index (κ1) is 37.8. The van der Waals surface area contributed by atoms with Gasteiger partial charge >= 0.3 is 11.9 Å². The van der Waals surface area contributed by atoms with Gasteiger partial charge in [-0.3, -0.25) is 14.4 Å². The van der Waals surface area contributed by atoms with E-state index in [4.69, 9.17) is 14.2 Å². The van der Waals surface area contributed by atoms with E-state index in [1.165, 1.54) is 6.07 Å². The molecule has 5 atom stereocenters. The second-order valence-electron chi connectivity index (χ2n) is 10.2. The van der Waals surface area contributed by atoms with Crippen molar-refractivity contribution < 1.29 is 53.8 Å². The van der Waals surface area contributed by atoms with Gasteiger partial charge in [-0.2, -0.15) is 0 Å². The highest BCUT2D eigenvalue weighted by atomic mass is 16.7. The normalized spacial score (nSPS) is 21.3. The first-order valence-electron chi connectivity index (χ1n) is 14.9. The number of amides is 2. The van der Waals surface area contributed by atoms with Gasteiger partial charge < -0.3 is 45.3 Å². The minimum Gasteiger partial charge on any atom is -0.479 e. The van der Waals surface area contributed by atoms with Gasteiger partial charge in [0, 0.05) is 31.5 Å². The van der Waals surface area contributed by atoms with Crippen molar-refractivity contribution in [1.82, 2.24) is 10.6 Å². The maximum Gasteiger partial charge on any atom is 0.335 e. The Morgan fingerprint density at radius 3 is 2.23 bits per heavy atom. The molecule has 244 valence electrons. The van der Waals surface area contributed by atoms with Gasteiger partial charge in [0.1, 0.15) is 30.7 Å². The molecule has 5 unspecified atom stereocenters. The molecule has 1 aromatic rings. The third-order valence-corrected chi connectivity index (χ3v) is 6.44. The molecule has 2 rings (SSSR count). The minimum absolute atomic E-state index is 0.0252. The van der Waals surface area contributed by atoms with E-state index in [0.29, 0.717) is 17.5 Å². The fourth-order valence-electron chi connectivity index (χ4n) is 3.97. The SMILES string of the molecule is CC.CCCCCCC(=O)NCCC(=O)NCc1cc(COC(=O)C(C)C)ccc1OC1OC(C(=O)O)C(O)C(O)C1O. The number of carboxylic acids is 1. The quantitative estimate of drug-likeness (QED) is 0.117. The van der Waals surface area contributed by atoms with Crippen LogP contribution in [0.1, 0.15) is 84.3 Å². The van der Waals surface area contributed by atoms with Crippen molar-refractivity contribution in [2.45, 2.75) is 117 Å². The molecule has 0 aromatic heterocycles. The molecule has 0 radical (unpaired) electrons. The van der Waals surface area contributed by atoms with Crippen LogP contribution >= 0.6 is 0 Å². The summed E-state index contributed by atoms with van der Waals surface area (Å²) in [5, 5.41) is 45.1. The van der Waals surface area contributed by atoms with Crippen LogP contribution in [-0.2, 0) is 41.8 Å². The number of hydrogen-bond donors (Lipinski definition) is 6. The van der Waals surface area contributed by atoms with Crippen LogP contribution in [0.25, 0.3) is 0 Å². The molecule has 0 bridgehead atoms. The molecule has 1 saturated heterocycles. The predicted molar refractivity (Wildman–Crippen MR) is 156 cm³/mol. The van der Waals surface area contributed by atoms with Crippen molar-refractivity contribution in [3.05, 3.63) is 29.3 Å². The first-order valence-corrected chi connectivity index (χ1v) is 14.9. The molecular formula is C30H48N2O11. The molecule has 1 aliphatic heterocycles. The summed E-state index contributed by atoms with van der Waals surface area (Å²) in [7, 11) is 0. The van der Waals surface area contributed by atoms with Gasteiger partial charge in [-0.1, -0.05) is 59.9 Å². The molecular weight excluding hydrogens is 564 g/mol. The Labute approximate surface area is 252 Å². The molecule has 0 spiro atoms. The molecule has 1 aliphatic rings. The van der Waals surface area contributed by atoms with E-state index in [2.05, 4.69) is 17.6 Å². The second-order valence-corrected chi connectivity index (χ2v) is 10.2. The lowest BCUT2D eigenvalue weighted by molar-refractivity contribution is -0.271. The highest BCUT2D eigenvalue weighted by Gasteiger charge is 2.48. The van der Waals surface area contributed by atoms with Gasteiger partial charge in [0.15, 0.2) is 6.10 Å². The number of aliphatic hydroxyl groups is 3. The number of aliphatic carboxylic acids is 1. The van der Waals surface area contributed by atoms with Crippen molar-refractivity contribution in [1.29, 1.82) is 0 Å². The lowest BCUT2D eigenvalue weighted by Crippen LogP contribution is -2.61. The van der Waals surface area contributed by atoms with E-state index in [1.807, 2.05) is 13.8 Å². The number of aliphatic hydroxyl groups excluding tert-OH is 3. The summed E-state index contributed by atoms with van der Waals surface area (Å²) in [6.07, 6.45) is -4.67. The van der Waals surface area contributed by atoms with Crippen LogP contribution in [0.15, 0.2) is 18.2 Å².